The fourth-order valence-corrected chi connectivity index (χ4v) is 3.30. The maximum absolute atomic E-state index is 13.7. The summed E-state index contributed by atoms with van der Waals surface area (Å²) in [5.41, 5.74) is 1.45. The number of aromatic nitrogens is 2. The van der Waals surface area contributed by atoms with E-state index in [1.165, 1.54) is 17.0 Å². The van der Waals surface area contributed by atoms with Crippen molar-refractivity contribution in [3.63, 3.8) is 0 Å². The predicted molar refractivity (Wildman–Crippen MR) is 108 cm³/mol. The van der Waals surface area contributed by atoms with Crippen LogP contribution < -0.4 is 15.1 Å². The minimum Gasteiger partial charge on any atom is -0.372 e. The van der Waals surface area contributed by atoms with Gasteiger partial charge in [0.15, 0.2) is 5.82 Å². The van der Waals surface area contributed by atoms with Gasteiger partial charge in [-0.1, -0.05) is 6.07 Å². The summed E-state index contributed by atoms with van der Waals surface area (Å²) in [6.45, 7) is 1.19. The SMILES string of the molecule is CN1CCCN(C(=O)Nc2ccccn2)c2nc(-c3cc(F)cc(F)c3)ccc21. The number of benzene rings is 1. The van der Waals surface area contributed by atoms with Gasteiger partial charge < -0.3 is 4.90 Å². The molecular weight excluding hydrogens is 376 g/mol. The van der Waals surface area contributed by atoms with Gasteiger partial charge in [0, 0.05) is 38.0 Å². The monoisotopic (exact) mass is 395 g/mol. The van der Waals surface area contributed by atoms with E-state index in [-0.39, 0.29) is 6.03 Å². The Bertz CT molecular complexity index is 1020. The molecule has 1 N–H and O–H groups in total. The molecule has 6 nitrogen and oxygen atoms in total. The van der Waals surface area contributed by atoms with Gasteiger partial charge in [-0.05, 0) is 42.8 Å². The third kappa shape index (κ3) is 4.01. The summed E-state index contributed by atoms with van der Waals surface area (Å²) in [6.07, 6.45) is 2.33. The fourth-order valence-electron chi connectivity index (χ4n) is 3.30. The number of halogens is 2. The van der Waals surface area contributed by atoms with Crippen LogP contribution in [0, 0.1) is 11.6 Å². The number of nitrogens with one attached hydrogen (secondary N) is 1. The van der Waals surface area contributed by atoms with Crippen molar-refractivity contribution < 1.29 is 13.6 Å². The molecule has 3 aromatic rings. The molecule has 8 heteroatoms. The summed E-state index contributed by atoms with van der Waals surface area (Å²) in [4.78, 5) is 25.2. The molecule has 4 rings (SSSR count). The van der Waals surface area contributed by atoms with E-state index in [1.54, 1.807) is 30.5 Å². The van der Waals surface area contributed by atoms with Gasteiger partial charge in [-0.3, -0.25) is 10.2 Å². The number of anilines is 3. The molecule has 2 aromatic heterocycles. The van der Waals surface area contributed by atoms with Crippen LogP contribution in [0.2, 0.25) is 0 Å². The highest BCUT2D eigenvalue weighted by atomic mass is 19.1. The Morgan fingerprint density at radius 1 is 1.07 bits per heavy atom. The molecule has 0 spiro atoms. The van der Waals surface area contributed by atoms with E-state index in [9.17, 15) is 13.6 Å². The quantitative estimate of drug-likeness (QED) is 0.703. The van der Waals surface area contributed by atoms with Crippen molar-refractivity contribution in [1.29, 1.82) is 0 Å². The third-order valence-electron chi connectivity index (χ3n) is 4.70. The van der Waals surface area contributed by atoms with Crippen molar-refractivity contribution in [2.75, 3.05) is 35.3 Å². The van der Waals surface area contributed by atoms with Crippen LogP contribution in [0.1, 0.15) is 6.42 Å². The van der Waals surface area contributed by atoms with Crippen molar-refractivity contribution in [1.82, 2.24) is 9.97 Å². The number of fused-ring (bicyclic) bond motifs is 1. The van der Waals surface area contributed by atoms with Gasteiger partial charge in [-0.25, -0.2) is 23.5 Å². The molecule has 0 saturated carbocycles. The Kier molecular flexibility index (Phi) is 5.07. The van der Waals surface area contributed by atoms with Crippen LogP contribution in [0.25, 0.3) is 11.3 Å². The molecule has 0 bridgehead atoms. The van der Waals surface area contributed by atoms with Gasteiger partial charge in [0.1, 0.15) is 17.5 Å². The number of hydrogen-bond donors (Lipinski definition) is 1. The Balaban J connectivity index is 1.74. The van der Waals surface area contributed by atoms with Crippen LogP contribution in [0.15, 0.2) is 54.7 Å². The molecule has 0 unspecified atom stereocenters. The maximum atomic E-state index is 13.7. The first-order valence-corrected chi connectivity index (χ1v) is 9.19. The number of amides is 2. The normalized spacial score (nSPS) is 13.6. The van der Waals surface area contributed by atoms with E-state index in [0.29, 0.717) is 29.4 Å². The molecule has 1 aliphatic rings. The zero-order valence-electron chi connectivity index (χ0n) is 15.8. The first-order valence-electron chi connectivity index (χ1n) is 9.19. The molecule has 29 heavy (non-hydrogen) atoms. The Hall–Kier alpha value is -3.55. The van der Waals surface area contributed by atoms with E-state index in [0.717, 1.165) is 24.7 Å². The van der Waals surface area contributed by atoms with Crippen LogP contribution in [0.5, 0.6) is 0 Å². The highest BCUT2D eigenvalue weighted by molar-refractivity contribution is 6.03. The predicted octanol–water partition coefficient (Wildman–Crippen LogP) is 4.30. The van der Waals surface area contributed by atoms with Gasteiger partial charge in [0.2, 0.25) is 0 Å². The zero-order valence-corrected chi connectivity index (χ0v) is 15.8. The first kappa shape index (κ1) is 18.8. The minimum absolute atomic E-state index is 0.308. The summed E-state index contributed by atoms with van der Waals surface area (Å²) in [5.74, 6) is -0.502. The molecule has 0 aliphatic carbocycles. The van der Waals surface area contributed by atoms with Crippen molar-refractivity contribution in [2.24, 2.45) is 0 Å². The smallest absolute Gasteiger partial charge is 0.328 e. The number of urea groups is 1. The summed E-state index contributed by atoms with van der Waals surface area (Å²) >= 11 is 0. The molecule has 0 radical (unpaired) electrons. The van der Waals surface area contributed by atoms with E-state index in [1.807, 2.05) is 18.0 Å². The van der Waals surface area contributed by atoms with Crippen LogP contribution in [-0.4, -0.2) is 36.1 Å². The van der Waals surface area contributed by atoms with Gasteiger partial charge in [-0.2, -0.15) is 0 Å². The minimum atomic E-state index is -0.682. The molecular formula is C21H19F2N5O. The lowest BCUT2D eigenvalue weighted by Crippen LogP contribution is -2.36. The molecule has 0 fully saturated rings. The molecule has 2 amide bonds. The second-order valence-corrected chi connectivity index (χ2v) is 6.77. The number of hydrogen-bond acceptors (Lipinski definition) is 4. The number of nitrogens with zero attached hydrogens (tertiary/aromatic N) is 4. The summed E-state index contributed by atoms with van der Waals surface area (Å²) < 4.78 is 27.3. The second-order valence-electron chi connectivity index (χ2n) is 6.77. The van der Waals surface area contributed by atoms with E-state index >= 15 is 0 Å². The topological polar surface area (TPSA) is 61.4 Å². The van der Waals surface area contributed by atoms with Gasteiger partial charge in [0.25, 0.3) is 0 Å². The standard InChI is InChI=1S/C21H19F2N5O/c1-27-9-4-10-28(21(29)26-19-5-2-3-8-24-19)20-18(27)7-6-17(25-20)14-11-15(22)13-16(23)12-14/h2-3,5-8,11-13H,4,9-10H2,1H3,(H,24,26,29). The van der Waals surface area contributed by atoms with Crippen LogP contribution in [-0.2, 0) is 0 Å². The average molecular weight is 395 g/mol. The molecule has 0 atom stereocenters. The van der Waals surface area contributed by atoms with Gasteiger partial charge in [-0.15, -0.1) is 0 Å². The third-order valence-corrected chi connectivity index (χ3v) is 4.70. The van der Waals surface area contributed by atoms with E-state index in [2.05, 4.69) is 15.3 Å². The number of pyridine rings is 2. The molecule has 3 heterocycles. The van der Waals surface area contributed by atoms with Crippen LogP contribution in [0.4, 0.5) is 30.9 Å². The first-order chi connectivity index (χ1) is 14.0. The summed E-state index contributed by atoms with van der Waals surface area (Å²) in [7, 11) is 1.92. The number of carbonyl (C=O) groups excluding carboxylic acids is 1. The largest absolute Gasteiger partial charge is 0.372 e. The van der Waals surface area contributed by atoms with Crippen molar-refractivity contribution in [3.05, 3.63) is 66.4 Å². The lowest BCUT2D eigenvalue weighted by Gasteiger charge is -2.24. The second kappa shape index (κ2) is 7.83. The molecule has 0 saturated heterocycles. The summed E-state index contributed by atoms with van der Waals surface area (Å²) in [5, 5.41) is 2.77. The molecule has 148 valence electrons. The van der Waals surface area contributed by atoms with Crippen molar-refractivity contribution >= 4 is 23.4 Å². The summed E-state index contributed by atoms with van der Waals surface area (Å²) in [6, 6.07) is 11.6. The highest BCUT2D eigenvalue weighted by Crippen LogP contribution is 2.33. The Morgan fingerprint density at radius 2 is 1.86 bits per heavy atom. The maximum Gasteiger partial charge on any atom is 0.328 e. The molecule has 1 aliphatic heterocycles. The Morgan fingerprint density at radius 3 is 2.59 bits per heavy atom. The van der Waals surface area contributed by atoms with E-state index in [4.69, 9.17) is 0 Å². The highest BCUT2D eigenvalue weighted by Gasteiger charge is 2.26. The fraction of sp³-hybridized carbons (Fsp3) is 0.190. The number of carbonyl (C=O) groups is 1. The van der Waals surface area contributed by atoms with E-state index < -0.39 is 11.6 Å². The van der Waals surface area contributed by atoms with Gasteiger partial charge >= 0.3 is 6.03 Å². The zero-order chi connectivity index (χ0) is 20.4. The number of rotatable bonds is 2. The molecule has 1 aromatic carbocycles. The van der Waals surface area contributed by atoms with Gasteiger partial charge in [0.05, 0.1) is 11.4 Å². The van der Waals surface area contributed by atoms with Crippen LogP contribution >= 0.6 is 0 Å². The van der Waals surface area contributed by atoms with Crippen molar-refractivity contribution in [3.8, 4) is 11.3 Å². The van der Waals surface area contributed by atoms with Crippen LogP contribution in [0.3, 0.4) is 0 Å². The lowest BCUT2D eigenvalue weighted by molar-refractivity contribution is 0.256. The average Bonchev–Trinajstić information content (AvgIpc) is 2.86. The Labute approximate surface area is 166 Å². The van der Waals surface area contributed by atoms with Crippen molar-refractivity contribution in [2.45, 2.75) is 6.42 Å². The lowest BCUT2D eigenvalue weighted by atomic mass is 10.1.